The Bertz CT molecular complexity index is 731. The average Bonchev–Trinajstić information content (AvgIpc) is 3.19. The number of aryl methyl sites for hydroxylation is 2. The summed E-state index contributed by atoms with van der Waals surface area (Å²) >= 11 is 5.99. The van der Waals surface area contributed by atoms with E-state index in [0.717, 1.165) is 42.2 Å². The second kappa shape index (κ2) is 12.5. The predicted molar refractivity (Wildman–Crippen MR) is 113 cm³/mol. The van der Waals surface area contributed by atoms with Gasteiger partial charge in [0.15, 0.2) is 0 Å². The Morgan fingerprint density at radius 3 is 2.52 bits per heavy atom. The topological polar surface area (TPSA) is 68.4 Å². The first-order chi connectivity index (χ1) is 14.1. The van der Waals surface area contributed by atoms with Gasteiger partial charge in [0.05, 0.1) is 12.8 Å². The van der Waals surface area contributed by atoms with Gasteiger partial charge in [-0.1, -0.05) is 17.7 Å². The molecule has 2 heterocycles. The number of rotatable bonds is 3. The molecule has 0 amide bonds. The quantitative estimate of drug-likeness (QED) is 0.764. The van der Waals surface area contributed by atoms with Crippen molar-refractivity contribution in [2.45, 2.75) is 39.0 Å². The molecule has 7 heteroatoms. The van der Waals surface area contributed by atoms with Crippen LogP contribution in [0.5, 0.6) is 0 Å². The lowest BCUT2D eigenvalue weighted by Gasteiger charge is -2.08. The molecule has 2 aromatic rings. The number of carbonyl (C=O) groups excluding carboxylic acids is 1. The van der Waals surface area contributed by atoms with E-state index in [-0.39, 0.29) is 5.82 Å². The Balaban J connectivity index is 0.000000207. The number of likely N-dealkylation sites (tertiary alicyclic amines) is 1. The van der Waals surface area contributed by atoms with Gasteiger partial charge in [0, 0.05) is 23.8 Å². The number of nitrogens with zero attached hydrogens (tertiary/aromatic N) is 2. The Morgan fingerprint density at radius 2 is 1.93 bits per heavy atom. The van der Waals surface area contributed by atoms with Crippen molar-refractivity contribution in [3.8, 4) is 0 Å². The number of halogens is 2. The summed E-state index contributed by atoms with van der Waals surface area (Å²) < 4.78 is 17.3. The molecule has 0 unspecified atom stereocenters. The molecule has 0 radical (unpaired) electrons. The van der Waals surface area contributed by atoms with Crippen LogP contribution in [-0.4, -0.2) is 42.7 Å². The first-order valence-electron chi connectivity index (χ1n) is 9.95. The molecule has 5 nitrogen and oxygen atoms in total. The van der Waals surface area contributed by atoms with E-state index in [1.165, 1.54) is 43.3 Å². The van der Waals surface area contributed by atoms with Crippen LogP contribution in [0.25, 0.3) is 0 Å². The third-order valence-corrected chi connectivity index (χ3v) is 5.14. The number of fused-ring (bicyclic) bond motifs is 2. The summed E-state index contributed by atoms with van der Waals surface area (Å²) in [5.74, 6) is -0.257. The zero-order valence-corrected chi connectivity index (χ0v) is 17.6. The van der Waals surface area contributed by atoms with Gasteiger partial charge in [-0.3, -0.25) is 14.7 Å². The van der Waals surface area contributed by atoms with E-state index in [9.17, 15) is 9.18 Å². The van der Waals surface area contributed by atoms with Crippen LogP contribution in [0.4, 0.5) is 4.39 Å². The van der Waals surface area contributed by atoms with Crippen LogP contribution in [0, 0.1) is 5.82 Å². The molecule has 0 saturated carbocycles. The van der Waals surface area contributed by atoms with Crippen LogP contribution < -0.4 is 5.73 Å². The Labute approximate surface area is 177 Å². The van der Waals surface area contributed by atoms with Gasteiger partial charge in [0.1, 0.15) is 5.82 Å². The molecule has 2 N–H and O–H groups in total. The molecule has 4 rings (SSSR count). The predicted octanol–water partition coefficient (Wildman–Crippen LogP) is 3.74. The van der Waals surface area contributed by atoms with Crippen molar-refractivity contribution in [3.63, 3.8) is 0 Å². The molecular weight excluding hydrogens is 393 g/mol. The smallest absolute Gasteiger partial charge is 0.293 e. The maximum absolute atomic E-state index is 13.1. The minimum atomic E-state index is -0.257. The van der Waals surface area contributed by atoms with Crippen molar-refractivity contribution in [3.05, 3.63) is 63.7 Å². The Kier molecular flexibility index (Phi) is 10.0. The van der Waals surface area contributed by atoms with E-state index in [1.54, 1.807) is 13.0 Å². The highest BCUT2D eigenvalue weighted by atomic mass is 35.5. The van der Waals surface area contributed by atoms with Gasteiger partial charge in [0.25, 0.3) is 6.47 Å². The van der Waals surface area contributed by atoms with E-state index < -0.39 is 0 Å². The number of benzene rings is 1. The third-order valence-electron chi connectivity index (χ3n) is 4.91. The molecule has 1 aromatic carbocycles. The van der Waals surface area contributed by atoms with Crippen molar-refractivity contribution in [1.82, 2.24) is 9.88 Å². The van der Waals surface area contributed by atoms with E-state index in [4.69, 9.17) is 17.3 Å². The van der Waals surface area contributed by atoms with Crippen molar-refractivity contribution in [2.24, 2.45) is 5.73 Å². The molecule has 1 aliphatic heterocycles. The number of nitrogens with two attached hydrogens (primary N) is 1. The zero-order valence-electron chi connectivity index (χ0n) is 16.9. The molecule has 2 aliphatic rings. The lowest BCUT2D eigenvalue weighted by molar-refractivity contribution is -0.128. The first-order valence-corrected chi connectivity index (χ1v) is 10.3. The summed E-state index contributed by atoms with van der Waals surface area (Å²) in [4.78, 5) is 15.6. The summed E-state index contributed by atoms with van der Waals surface area (Å²) in [6.07, 6.45) is 6.47. The molecule has 29 heavy (non-hydrogen) atoms. The van der Waals surface area contributed by atoms with Crippen molar-refractivity contribution < 1.29 is 13.9 Å². The van der Waals surface area contributed by atoms with Crippen LogP contribution in [-0.2, 0) is 28.8 Å². The van der Waals surface area contributed by atoms with E-state index in [2.05, 4.69) is 14.6 Å². The summed E-state index contributed by atoms with van der Waals surface area (Å²) in [6.45, 7) is 5.85. The van der Waals surface area contributed by atoms with Gasteiger partial charge in [0.2, 0.25) is 0 Å². The summed E-state index contributed by atoms with van der Waals surface area (Å²) in [6, 6.07) is 7.53. The molecule has 0 bridgehead atoms. The largest absolute Gasteiger partial charge is 0.468 e. The number of carbonyl (C=O) groups is 1. The van der Waals surface area contributed by atoms with Crippen LogP contribution >= 0.6 is 11.6 Å². The van der Waals surface area contributed by atoms with Gasteiger partial charge in [-0.05, 0) is 80.6 Å². The molecular formula is C22H29ClFN3O2. The maximum atomic E-state index is 13.1. The fraction of sp³-hybridized carbons (Fsp3) is 0.455. The number of hydrogen-bond acceptors (Lipinski definition) is 5. The van der Waals surface area contributed by atoms with E-state index in [1.807, 2.05) is 18.2 Å². The first kappa shape index (κ1) is 23.3. The lowest BCUT2D eigenvalue weighted by Crippen LogP contribution is -2.26. The van der Waals surface area contributed by atoms with Crippen molar-refractivity contribution in [2.75, 3.05) is 26.4 Å². The fourth-order valence-electron chi connectivity index (χ4n) is 3.37. The number of aromatic nitrogens is 1. The van der Waals surface area contributed by atoms with Crippen molar-refractivity contribution in [1.29, 1.82) is 0 Å². The third kappa shape index (κ3) is 7.72. The minimum absolute atomic E-state index is 0.257. The van der Waals surface area contributed by atoms with Crippen LogP contribution in [0.3, 0.4) is 0 Å². The minimum Gasteiger partial charge on any atom is -0.468 e. The number of pyridine rings is 1. The maximum Gasteiger partial charge on any atom is 0.293 e. The zero-order chi connectivity index (χ0) is 21.1. The number of ether oxygens (including phenoxy) is 1. The van der Waals surface area contributed by atoms with Crippen LogP contribution in [0.2, 0.25) is 5.02 Å². The van der Waals surface area contributed by atoms with E-state index in [0.29, 0.717) is 13.1 Å². The standard InChI is InChI=1S/C14H11ClFN.C5H12N2.C3H6O2/c15-12-4-3-10-7-14-11(2-1-9(10)5-12)6-13(16)8-17-14;6-5-7-3-1-2-4-7;1-2-5-3-4/h3-6,8H,1-2,7H2;1-6H2;3H,2H2,1H3. The molecule has 0 spiro atoms. The SMILES string of the molecule is CCOC=O.Fc1cnc2c(c1)CCc1cc(Cl)ccc1C2.NCN1CCCC1. The summed E-state index contributed by atoms with van der Waals surface area (Å²) in [5, 5.41) is 0.758. The fourth-order valence-corrected chi connectivity index (χ4v) is 3.56. The number of hydrogen-bond donors (Lipinski definition) is 1. The summed E-state index contributed by atoms with van der Waals surface area (Å²) in [5.41, 5.74) is 9.84. The molecule has 1 aliphatic carbocycles. The second-order valence-corrected chi connectivity index (χ2v) is 7.34. The molecule has 1 saturated heterocycles. The highest BCUT2D eigenvalue weighted by Gasteiger charge is 2.15. The van der Waals surface area contributed by atoms with Gasteiger partial charge in [-0.2, -0.15) is 0 Å². The summed E-state index contributed by atoms with van der Waals surface area (Å²) in [7, 11) is 0. The molecule has 1 aromatic heterocycles. The average molecular weight is 422 g/mol. The highest BCUT2D eigenvalue weighted by molar-refractivity contribution is 6.30. The van der Waals surface area contributed by atoms with Crippen LogP contribution in [0.15, 0.2) is 30.5 Å². The highest BCUT2D eigenvalue weighted by Crippen LogP contribution is 2.25. The normalized spacial score (nSPS) is 14.9. The molecule has 0 atom stereocenters. The van der Waals surface area contributed by atoms with Crippen LogP contribution in [0.1, 0.15) is 42.1 Å². The van der Waals surface area contributed by atoms with Gasteiger partial charge in [-0.15, -0.1) is 0 Å². The lowest BCUT2D eigenvalue weighted by atomic mass is 10.0. The van der Waals surface area contributed by atoms with Crippen molar-refractivity contribution >= 4 is 18.1 Å². The van der Waals surface area contributed by atoms with Gasteiger partial charge in [-0.25, -0.2) is 4.39 Å². The van der Waals surface area contributed by atoms with Gasteiger partial charge >= 0.3 is 0 Å². The van der Waals surface area contributed by atoms with Gasteiger partial charge < -0.3 is 10.5 Å². The second-order valence-electron chi connectivity index (χ2n) is 6.91. The Morgan fingerprint density at radius 1 is 1.21 bits per heavy atom. The monoisotopic (exact) mass is 421 g/mol. The van der Waals surface area contributed by atoms with E-state index >= 15 is 0 Å². The molecule has 1 fully saturated rings. The Hall–Kier alpha value is -2.02. The molecule has 158 valence electrons.